The zero-order valence-corrected chi connectivity index (χ0v) is 34.8. The second-order valence-electron chi connectivity index (χ2n) is 14.3. The van der Waals surface area contributed by atoms with Crippen LogP contribution in [0.5, 0.6) is 34.5 Å². The van der Waals surface area contributed by atoms with Crippen molar-refractivity contribution in [3.05, 3.63) is 35.4 Å². The van der Waals surface area contributed by atoms with E-state index in [-0.39, 0.29) is 12.2 Å². The van der Waals surface area contributed by atoms with Gasteiger partial charge in [-0.1, -0.05) is 131 Å². The lowest BCUT2D eigenvalue weighted by molar-refractivity contribution is 0.0972. The molecule has 0 aromatic heterocycles. The van der Waals surface area contributed by atoms with E-state index < -0.39 is 0 Å². The van der Waals surface area contributed by atoms with E-state index in [1.807, 2.05) is 24.3 Å². The van der Waals surface area contributed by atoms with Gasteiger partial charge in [0.2, 0.25) is 0 Å². The molecule has 0 saturated carbocycles. The summed E-state index contributed by atoms with van der Waals surface area (Å²) in [6.45, 7) is 13.9. The zero-order valence-electron chi connectivity index (χ0n) is 34.8. The fraction of sp³-hybridized carbons (Fsp3) is 0.717. The number of carbonyl (C=O) groups excluding carboxylic acids is 1. The first-order chi connectivity index (χ1) is 26.0. The summed E-state index contributed by atoms with van der Waals surface area (Å²) in [4.78, 5) is 14.5. The lowest BCUT2D eigenvalue weighted by Crippen LogP contribution is -2.12. The smallest absolute Gasteiger partial charge is 0.175 e. The van der Waals surface area contributed by atoms with Gasteiger partial charge in [-0.3, -0.25) is 4.79 Å². The SMILES string of the molecule is CCCCCCOc1cc(CCC(=O)c2c(OCCCCCC)ccc(OCCCCCC)c2OCCCCCC)c(OCCCCCC)c(OC)c1. The van der Waals surface area contributed by atoms with Crippen LogP contribution >= 0.6 is 0 Å². The minimum atomic E-state index is -0.0349. The maximum absolute atomic E-state index is 14.5. The van der Waals surface area contributed by atoms with Crippen molar-refractivity contribution in [1.82, 2.24) is 0 Å². The van der Waals surface area contributed by atoms with Crippen molar-refractivity contribution in [2.75, 3.05) is 40.1 Å². The van der Waals surface area contributed by atoms with E-state index in [1.165, 1.54) is 44.9 Å². The molecule has 0 atom stereocenters. The normalized spacial score (nSPS) is 11.1. The fourth-order valence-corrected chi connectivity index (χ4v) is 6.32. The second kappa shape index (κ2) is 30.3. The lowest BCUT2D eigenvalue weighted by atomic mass is 9.99. The molecular weight excluding hydrogens is 664 g/mol. The van der Waals surface area contributed by atoms with Crippen molar-refractivity contribution in [2.45, 2.75) is 176 Å². The van der Waals surface area contributed by atoms with Crippen molar-refractivity contribution in [3.63, 3.8) is 0 Å². The Balaban J connectivity index is 2.46. The Morgan fingerprint density at radius 1 is 0.472 bits per heavy atom. The van der Waals surface area contributed by atoms with Gasteiger partial charge in [0.05, 0.1) is 40.1 Å². The molecule has 302 valence electrons. The van der Waals surface area contributed by atoms with E-state index in [0.717, 1.165) is 94.8 Å². The van der Waals surface area contributed by atoms with E-state index in [1.54, 1.807) is 7.11 Å². The van der Waals surface area contributed by atoms with Crippen molar-refractivity contribution < 1.29 is 33.2 Å². The van der Waals surface area contributed by atoms with E-state index in [2.05, 4.69) is 34.6 Å². The third-order valence-corrected chi connectivity index (χ3v) is 9.57. The number of hydrogen-bond acceptors (Lipinski definition) is 7. The highest BCUT2D eigenvalue weighted by atomic mass is 16.5. The lowest BCUT2D eigenvalue weighted by Gasteiger charge is -2.20. The maximum atomic E-state index is 14.5. The molecular formula is C46H76O7. The summed E-state index contributed by atoms with van der Waals surface area (Å²) in [5.74, 6) is 3.75. The summed E-state index contributed by atoms with van der Waals surface area (Å²) in [5, 5.41) is 0. The zero-order chi connectivity index (χ0) is 38.4. The van der Waals surface area contributed by atoms with Crippen LogP contribution in [0.4, 0.5) is 0 Å². The highest BCUT2D eigenvalue weighted by molar-refractivity contribution is 6.02. The number of unbranched alkanes of at least 4 members (excludes halogenated alkanes) is 15. The van der Waals surface area contributed by atoms with Gasteiger partial charge in [0.25, 0.3) is 0 Å². The van der Waals surface area contributed by atoms with Gasteiger partial charge in [0, 0.05) is 18.1 Å². The Labute approximate surface area is 324 Å². The Morgan fingerprint density at radius 3 is 1.40 bits per heavy atom. The second-order valence-corrected chi connectivity index (χ2v) is 14.3. The van der Waals surface area contributed by atoms with Gasteiger partial charge in [-0.2, -0.15) is 0 Å². The highest BCUT2D eigenvalue weighted by Crippen LogP contribution is 2.41. The number of ketones is 1. The standard InChI is InChI=1S/C46H76O7/c1-7-12-17-22-31-49-39-36-38(45(43(37-39)48-6)52-34-25-20-15-10-4)27-28-40(47)44-41(50-32-23-18-13-8-2)29-30-42(51-33-24-19-14-9-3)46(44)53-35-26-21-16-11-5/h29-30,36-37H,7-28,31-35H2,1-6H3. The summed E-state index contributed by atoms with van der Waals surface area (Å²) >= 11 is 0. The van der Waals surface area contributed by atoms with Crippen LogP contribution in [-0.2, 0) is 6.42 Å². The molecule has 0 aliphatic carbocycles. The Bertz CT molecular complexity index is 1230. The summed E-state index contributed by atoms with van der Waals surface area (Å²) in [7, 11) is 1.67. The van der Waals surface area contributed by atoms with Gasteiger partial charge in [-0.05, 0) is 56.7 Å². The third kappa shape index (κ3) is 18.7. The molecule has 0 fully saturated rings. The first kappa shape index (κ1) is 46.1. The van der Waals surface area contributed by atoms with Gasteiger partial charge in [-0.15, -0.1) is 0 Å². The predicted octanol–water partition coefficient (Wildman–Crippen LogP) is 13.3. The summed E-state index contributed by atoms with van der Waals surface area (Å²) < 4.78 is 37.7. The minimum absolute atomic E-state index is 0.0349. The van der Waals surface area contributed by atoms with E-state index in [4.69, 9.17) is 28.4 Å². The summed E-state index contributed by atoms with van der Waals surface area (Å²) in [6.07, 6.45) is 22.7. The molecule has 0 heterocycles. The Hall–Kier alpha value is -3.09. The fourth-order valence-electron chi connectivity index (χ4n) is 6.32. The molecule has 7 heteroatoms. The molecule has 0 amide bonds. The molecule has 0 aliphatic heterocycles. The van der Waals surface area contributed by atoms with Crippen molar-refractivity contribution in [3.8, 4) is 34.5 Å². The van der Waals surface area contributed by atoms with Crippen LogP contribution in [0.2, 0.25) is 0 Å². The molecule has 0 N–H and O–H groups in total. The van der Waals surface area contributed by atoms with E-state index >= 15 is 0 Å². The van der Waals surface area contributed by atoms with Gasteiger partial charge < -0.3 is 28.4 Å². The maximum Gasteiger partial charge on any atom is 0.175 e. The van der Waals surface area contributed by atoms with Gasteiger partial charge >= 0.3 is 0 Å². The number of benzene rings is 2. The van der Waals surface area contributed by atoms with Crippen LogP contribution in [0.25, 0.3) is 0 Å². The molecule has 0 aliphatic rings. The molecule has 53 heavy (non-hydrogen) atoms. The van der Waals surface area contributed by atoms with Crippen LogP contribution in [0.15, 0.2) is 24.3 Å². The molecule has 2 rings (SSSR count). The van der Waals surface area contributed by atoms with Crippen LogP contribution in [-0.4, -0.2) is 45.9 Å². The van der Waals surface area contributed by atoms with Crippen LogP contribution in [0, 0.1) is 0 Å². The van der Waals surface area contributed by atoms with Crippen LogP contribution in [0.1, 0.15) is 185 Å². The number of Topliss-reactive ketones (excluding diaryl/α,β-unsaturated/α-hetero) is 1. The molecule has 0 saturated heterocycles. The number of carbonyl (C=O) groups is 1. The third-order valence-electron chi connectivity index (χ3n) is 9.57. The number of hydrogen-bond donors (Lipinski definition) is 0. The number of rotatable bonds is 35. The molecule has 2 aromatic carbocycles. The van der Waals surface area contributed by atoms with Gasteiger partial charge in [0.1, 0.15) is 17.1 Å². The quantitative estimate of drug-likeness (QED) is 0.0514. The van der Waals surface area contributed by atoms with Crippen molar-refractivity contribution in [2.24, 2.45) is 0 Å². The molecule has 0 bridgehead atoms. The largest absolute Gasteiger partial charge is 0.493 e. The highest BCUT2D eigenvalue weighted by Gasteiger charge is 2.25. The minimum Gasteiger partial charge on any atom is -0.493 e. The molecule has 2 aromatic rings. The Kier molecular flexibility index (Phi) is 26.3. The molecule has 0 spiro atoms. The van der Waals surface area contributed by atoms with E-state index in [0.29, 0.717) is 73.8 Å². The summed E-state index contributed by atoms with van der Waals surface area (Å²) in [5.41, 5.74) is 1.39. The van der Waals surface area contributed by atoms with Crippen molar-refractivity contribution >= 4 is 5.78 Å². The summed E-state index contributed by atoms with van der Waals surface area (Å²) in [6, 6.07) is 7.78. The van der Waals surface area contributed by atoms with Crippen LogP contribution in [0.3, 0.4) is 0 Å². The predicted molar refractivity (Wildman–Crippen MR) is 220 cm³/mol. The first-order valence-corrected chi connectivity index (χ1v) is 21.6. The first-order valence-electron chi connectivity index (χ1n) is 21.6. The van der Waals surface area contributed by atoms with Gasteiger partial charge in [0.15, 0.2) is 28.8 Å². The van der Waals surface area contributed by atoms with Crippen molar-refractivity contribution in [1.29, 1.82) is 0 Å². The topological polar surface area (TPSA) is 72.5 Å². The number of ether oxygens (including phenoxy) is 6. The van der Waals surface area contributed by atoms with Crippen LogP contribution < -0.4 is 28.4 Å². The molecule has 0 radical (unpaired) electrons. The van der Waals surface area contributed by atoms with Gasteiger partial charge in [-0.25, -0.2) is 0 Å². The molecule has 0 unspecified atom stereocenters. The molecule has 7 nitrogen and oxygen atoms in total. The average molecular weight is 741 g/mol. The van der Waals surface area contributed by atoms with E-state index in [9.17, 15) is 4.79 Å². The average Bonchev–Trinajstić information content (AvgIpc) is 3.17. The Morgan fingerprint density at radius 2 is 0.906 bits per heavy atom. The monoisotopic (exact) mass is 741 g/mol. The number of aryl methyl sites for hydroxylation is 1. The number of methoxy groups -OCH3 is 1.